The van der Waals surface area contributed by atoms with Crippen molar-refractivity contribution < 1.29 is 9.53 Å². The van der Waals surface area contributed by atoms with E-state index in [4.69, 9.17) is 4.74 Å². The van der Waals surface area contributed by atoms with Gasteiger partial charge in [0.1, 0.15) is 11.6 Å². The van der Waals surface area contributed by atoms with Crippen molar-refractivity contribution in [3.63, 3.8) is 0 Å². The first-order valence-corrected chi connectivity index (χ1v) is 6.57. The van der Waals surface area contributed by atoms with Crippen LogP contribution in [0.25, 0.3) is 0 Å². The van der Waals surface area contributed by atoms with Crippen molar-refractivity contribution in [2.75, 3.05) is 12.4 Å². The summed E-state index contributed by atoms with van der Waals surface area (Å²) in [5.74, 6) is 1.70. The zero-order chi connectivity index (χ0) is 14.3. The Balaban J connectivity index is 2.07. The Bertz CT molecular complexity index is 659. The first kappa shape index (κ1) is 12.7. The van der Waals surface area contributed by atoms with Gasteiger partial charge in [0, 0.05) is 24.9 Å². The molecule has 0 radical (unpaired) electrons. The third kappa shape index (κ3) is 1.95. The average molecular weight is 271 g/mol. The summed E-state index contributed by atoms with van der Waals surface area (Å²) >= 11 is 0. The fourth-order valence-electron chi connectivity index (χ4n) is 2.83. The molecule has 0 fully saturated rings. The van der Waals surface area contributed by atoms with E-state index in [0.29, 0.717) is 6.42 Å². The van der Waals surface area contributed by atoms with Crippen LogP contribution >= 0.6 is 0 Å². The third-order valence-corrected chi connectivity index (χ3v) is 3.78. The number of ether oxygens (including phenoxy) is 1. The van der Waals surface area contributed by atoms with E-state index in [1.165, 1.54) is 0 Å². The summed E-state index contributed by atoms with van der Waals surface area (Å²) in [7, 11) is 3.49. The van der Waals surface area contributed by atoms with Crippen LogP contribution in [0.15, 0.2) is 24.3 Å². The Morgan fingerprint density at radius 3 is 2.70 bits per heavy atom. The van der Waals surface area contributed by atoms with E-state index < -0.39 is 0 Å². The molecule has 1 aliphatic rings. The molecule has 1 aromatic carbocycles. The maximum absolute atomic E-state index is 11.9. The molecule has 0 saturated heterocycles. The molecule has 0 aliphatic carbocycles. The lowest BCUT2D eigenvalue weighted by molar-refractivity contribution is -0.116. The quantitative estimate of drug-likeness (QED) is 0.911. The molecule has 0 bridgehead atoms. The zero-order valence-corrected chi connectivity index (χ0v) is 11.8. The second-order valence-electron chi connectivity index (χ2n) is 5.05. The molecule has 2 heterocycles. The van der Waals surface area contributed by atoms with Gasteiger partial charge in [0.15, 0.2) is 0 Å². The Kier molecular flexibility index (Phi) is 2.97. The molecule has 5 heteroatoms. The molecule has 20 heavy (non-hydrogen) atoms. The van der Waals surface area contributed by atoms with Gasteiger partial charge >= 0.3 is 0 Å². The summed E-state index contributed by atoms with van der Waals surface area (Å²) in [6.45, 7) is 1.98. The fourth-order valence-corrected chi connectivity index (χ4v) is 2.83. The largest absolute Gasteiger partial charge is 0.497 e. The third-order valence-electron chi connectivity index (χ3n) is 3.78. The minimum Gasteiger partial charge on any atom is -0.497 e. The maximum Gasteiger partial charge on any atom is 0.226 e. The number of carbonyl (C=O) groups excluding carboxylic acids is 1. The molecular weight excluding hydrogens is 254 g/mol. The number of fused-ring (bicyclic) bond motifs is 1. The number of benzene rings is 1. The topological polar surface area (TPSA) is 56.1 Å². The molecule has 1 aliphatic heterocycles. The number of anilines is 1. The number of carbonyl (C=O) groups is 1. The van der Waals surface area contributed by atoms with Gasteiger partial charge in [-0.25, -0.2) is 0 Å². The first-order valence-electron chi connectivity index (χ1n) is 6.57. The van der Waals surface area contributed by atoms with Gasteiger partial charge in [0.25, 0.3) is 0 Å². The van der Waals surface area contributed by atoms with Gasteiger partial charge in [-0.2, -0.15) is 5.10 Å². The van der Waals surface area contributed by atoms with Crippen LogP contribution in [-0.4, -0.2) is 22.8 Å². The molecule has 1 amide bonds. The van der Waals surface area contributed by atoms with Gasteiger partial charge in [0.2, 0.25) is 5.91 Å². The molecule has 0 spiro atoms. The minimum atomic E-state index is 0.0290. The predicted molar refractivity (Wildman–Crippen MR) is 76.0 cm³/mol. The second-order valence-corrected chi connectivity index (χ2v) is 5.05. The first-order chi connectivity index (χ1) is 9.60. The van der Waals surface area contributed by atoms with Crippen molar-refractivity contribution in [1.82, 2.24) is 9.78 Å². The highest BCUT2D eigenvalue weighted by molar-refractivity contribution is 5.94. The SMILES string of the molecule is COc1ccc([C@H]2CC(=O)Nc3c2c(C)nn3C)cc1. The van der Waals surface area contributed by atoms with E-state index in [1.54, 1.807) is 11.8 Å². The summed E-state index contributed by atoms with van der Waals surface area (Å²) in [5.41, 5.74) is 3.18. The van der Waals surface area contributed by atoms with Crippen molar-refractivity contribution in [1.29, 1.82) is 0 Å². The van der Waals surface area contributed by atoms with E-state index >= 15 is 0 Å². The summed E-state index contributed by atoms with van der Waals surface area (Å²) < 4.78 is 6.91. The van der Waals surface area contributed by atoms with Crippen molar-refractivity contribution in [2.45, 2.75) is 19.3 Å². The van der Waals surface area contributed by atoms with Crippen LogP contribution in [0.4, 0.5) is 5.82 Å². The van der Waals surface area contributed by atoms with Crippen molar-refractivity contribution in [3.05, 3.63) is 41.1 Å². The van der Waals surface area contributed by atoms with Gasteiger partial charge in [-0.05, 0) is 24.6 Å². The molecule has 3 rings (SSSR count). The number of nitrogens with one attached hydrogen (secondary N) is 1. The smallest absolute Gasteiger partial charge is 0.226 e. The molecule has 2 aromatic rings. The van der Waals surface area contributed by atoms with Crippen molar-refractivity contribution in [3.8, 4) is 5.75 Å². The summed E-state index contributed by atoms with van der Waals surface area (Å²) in [6.07, 6.45) is 0.450. The molecule has 104 valence electrons. The van der Waals surface area contributed by atoms with Crippen LogP contribution in [0.2, 0.25) is 0 Å². The Labute approximate surface area is 117 Å². The van der Waals surface area contributed by atoms with E-state index in [0.717, 1.165) is 28.4 Å². The van der Waals surface area contributed by atoms with E-state index in [9.17, 15) is 4.79 Å². The standard InChI is InChI=1S/C15H17N3O2/c1-9-14-12(10-4-6-11(20-3)7-5-10)8-13(19)16-15(14)18(2)17-9/h4-7,12H,8H2,1-3H3,(H,16,19)/t12-/m1/s1. The van der Waals surface area contributed by atoms with Crippen LogP contribution in [-0.2, 0) is 11.8 Å². The van der Waals surface area contributed by atoms with Crippen LogP contribution < -0.4 is 10.1 Å². The number of amides is 1. The molecule has 0 saturated carbocycles. The van der Waals surface area contributed by atoms with Gasteiger partial charge in [-0.1, -0.05) is 12.1 Å². The summed E-state index contributed by atoms with van der Waals surface area (Å²) in [4.78, 5) is 11.9. The Hall–Kier alpha value is -2.30. The van der Waals surface area contributed by atoms with Crippen molar-refractivity contribution in [2.24, 2.45) is 7.05 Å². The lowest BCUT2D eigenvalue weighted by Gasteiger charge is -2.24. The summed E-state index contributed by atoms with van der Waals surface area (Å²) in [6, 6.07) is 7.87. The zero-order valence-electron chi connectivity index (χ0n) is 11.8. The number of hydrogen-bond acceptors (Lipinski definition) is 3. The van der Waals surface area contributed by atoms with Gasteiger partial charge in [-0.15, -0.1) is 0 Å². The normalized spacial score (nSPS) is 17.6. The monoisotopic (exact) mass is 271 g/mol. The number of nitrogens with zero attached hydrogens (tertiary/aromatic N) is 2. The predicted octanol–water partition coefficient (Wildman–Crippen LogP) is 2.21. The van der Waals surface area contributed by atoms with Crippen molar-refractivity contribution >= 4 is 11.7 Å². The second kappa shape index (κ2) is 4.67. The fraction of sp³-hybridized carbons (Fsp3) is 0.333. The number of aromatic nitrogens is 2. The lowest BCUT2D eigenvalue weighted by atomic mass is 9.86. The molecule has 1 atom stereocenters. The number of rotatable bonds is 2. The van der Waals surface area contributed by atoms with Gasteiger partial charge in [-0.3, -0.25) is 9.48 Å². The summed E-state index contributed by atoms with van der Waals surface area (Å²) in [5, 5.41) is 7.32. The molecule has 5 nitrogen and oxygen atoms in total. The minimum absolute atomic E-state index is 0.0290. The molecule has 1 aromatic heterocycles. The van der Waals surface area contributed by atoms with Crippen LogP contribution in [0.5, 0.6) is 5.75 Å². The Morgan fingerprint density at radius 1 is 1.35 bits per heavy atom. The highest BCUT2D eigenvalue weighted by Crippen LogP contribution is 2.39. The van der Waals surface area contributed by atoms with E-state index in [2.05, 4.69) is 10.4 Å². The van der Waals surface area contributed by atoms with Gasteiger partial charge < -0.3 is 10.1 Å². The van der Waals surface area contributed by atoms with Crippen LogP contribution in [0.1, 0.15) is 29.2 Å². The Morgan fingerprint density at radius 2 is 2.05 bits per heavy atom. The van der Waals surface area contributed by atoms with E-state index in [1.807, 2.05) is 38.2 Å². The molecular formula is C15H17N3O2. The molecule has 0 unspecified atom stereocenters. The molecule has 1 N–H and O–H groups in total. The maximum atomic E-state index is 11.9. The number of aryl methyl sites for hydroxylation is 2. The highest BCUT2D eigenvalue weighted by atomic mass is 16.5. The van der Waals surface area contributed by atoms with Crippen LogP contribution in [0.3, 0.4) is 0 Å². The van der Waals surface area contributed by atoms with E-state index in [-0.39, 0.29) is 11.8 Å². The highest BCUT2D eigenvalue weighted by Gasteiger charge is 2.31. The van der Waals surface area contributed by atoms with Gasteiger partial charge in [0.05, 0.1) is 12.8 Å². The lowest BCUT2D eigenvalue weighted by Crippen LogP contribution is -2.24. The average Bonchev–Trinajstić information content (AvgIpc) is 2.73. The number of hydrogen-bond donors (Lipinski definition) is 1. The number of methoxy groups -OCH3 is 1. The van der Waals surface area contributed by atoms with Crippen LogP contribution in [0, 0.1) is 6.92 Å².